The molecule has 0 aliphatic carbocycles. The minimum absolute atomic E-state index is 0.0162. The molecule has 316 valence electrons. The van der Waals surface area contributed by atoms with Gasteiger partial charge in [-0.15, -0.1) is 0 Å². The normalized spacial score (nSPS) is 12.9. The van der Waals surface area contributed by atoms with Gasteiger partial charge in [-0.3, -0.25) is 0 Å². The van der Waals surface area contributed by atoms with Crippen molar-refractivity contribution in [1.29, 1.82) is 0 Å². The van der Waals surface area contributed by atoms with Crippen LogP contribution in [0.25, 0.3) is 33.9 Å². The number of nitrogens with zero attached hydrogens (tertiary/aromatic N) is 3. The van der Waals surface area contributed by atoms with Crippen molar-refractivity contribution in [2.24, 2.45) is 0 Å². The molecule has 14 heteroatoms. The topological polar surface area (TPSA) is 135 Å². The highest BCUT2D eigenvalue weighted by atomic mass is 32.2. The Morgan fingerprint density at radius 2 is 0.900 bits per heavy atom. The third-order valence-corrected chi connectivity index (χ3v) is 12.5. The van der Waals surface area contributed by atoms with E-state index in [1.165, 1.54) is 12.5 Å². The molecule has 12 nitrogen and oxygen atoms in total. The Morgan fingerprint density at radius 1 is 0.550 bits per heavy atom. The molecule has 0 bridgehead atoms. The molecule has 0 N–H and O–H groups in total. The van der Waals surface area contributed by atoms with E-state index in [9.17, 15) is 21.7 Å². The molecule has 2 heterocycles. The zero-order valence-electron chi connectivity index (χ0n) is 34.8. The Hall–Kier alpha value is -5.54. The van der Waals surface area contributed by atoms with Crippen molar-refractivity contribution in [3.05, 3.63) is 149 Å². The van der Waals surface area contributed by atoms with Crippen molar-refractivity contribution in [3.63, 3.8) is 0 Å². The fraction of sp³-hybridized carbons (Fsp3) is 0.304. The lowest BCUT2D eigenvalue weighted by Gasteiger charge is -2.13. The molecule has 2 aromatic heterocycles. The molecule has 2 atom stereocenters. The van der Waals surface area contributed by atoms with Gasteiger partial charge < -0.3 is 18.6 Å². The highest BCUT2D eigenvalue weighted by molar-refractivity contribution is 7.91. The number of hydrogen-bond donors (Lipinski definition) is 0. The van der Waals surface area contributed by atoms with Crippen LogP contribution < -0.4 is 0 Å². The van der Waals surface area contributed by atoms with Crippen LogP contribution in [0.1, 0.15) is 36.4 Å². The summed E-state index contributed by atoms with van der Waals surface area (Å²) in [6.07, 6.45) is 2.81. The second-order valence-electron chi connectivity index (χ2n) is 14.9. The quantitative estimate of drug-likeness (QED) is 0.0696. The van der Waals surface area contributed by atoms with Crippen LogP contribution in [0, 0.1) is 18.8 Å². The third kappa shape index (κ3) is 11.0. The third-order valence-electron chi connectivity index (χ3n) is 10.3. The van der Waals surface area contributed by atoms with Crippen molar-refractivity contribution in [1.82, 2.24) is 9.13 Å². The van der Waals surface area contributed by atoms with E-state index in [1.54, 1.807) is 24.3 Å². The van der Waals surface area contributed by atoms with Crippen LogP contribution in [0.3, 0.4) is 0 Å². The molecular formula is C46H52N3O9S2+. The minimum Gasteiger partial charge on any atom is -0.374 e. The van der Waals surface area contributed by atoms with Gasteiger partial charge in [0.25, 0.3) is 0 Å². The first-order valence-electron chi connectivity index (χ1n) is 19.7. The molecule has 0 aliphatic heterocycles. The number of aromatic nitrogens is 2. The number of sulfone groups is 2. The molecule has 60 heavy (non-hydrogen) atoms. The number of para-hydroxylation sites is 2. The van der Waals surface area contributed by atoms with Gasteiger partial charge >= 0.3 is 5.09 Å². The molecule has 4 aromatic carbocycles. The summed E-state index contributed by atoms with van der Waals surface area (Å²) in [6, 6.07) is 37.9. The van der Waals surface area contributed by atoms with E-state index in [4.69, 9.17) is 19.1 Å². The van der Waals surface area contributed by atoms with Crippen molar-refractivity contribution >= 4 is 19.7 Å². The smallest absolute Gasteiger partial charge is 0.374 e. The van der Waals surface area contributed by atoms with Crippen LogP contribution in [0.2, 0.25) is 0 Å². The first-order chi connectivity index (χ1) is 28.6. The zero-order chi connectivity index (χ0) is 43.0. The molecule has 6 aromatic rings. The van der Waals surface area contributed by atoms with Gasteiger partial charge in [0.05, 0.1) is 46.6 Å². The summed E-state index contributed by atoms with van der Waals surface area (Å²) in [6.45, 7) is 8.46. The fourth-order valence-corrected chi connectivity index (χ4v) is 8.28. The lowest BCUT2D eigenvalue weighted by atomic mass is 10.1. The largest absolute Gasteiger partial charge is 0.477 e. The van der Waals surface area contributed by atoms with E-state index in [0.717, 1.165) is 56.4 Å². The summed E-state index contributed by atoms with van der Waals surface area (Å²) in [5.74, 6) is 0. The van der Waals surface area contributed by atoms with Gasteiger partial charge in [-0.25, -0.2) is 16.8 Å². The maximum absolute atomic E-state index is 12.4. The van der Waals surface area contributed by atoms with E-state index in [2.05, 4.69) is 21.3 Å². The number of benzene rings is 4. The first kappa shape index (κ1) is 44.0. The molecule has 0 amide bonds. The molecule has 6 rings (SSSR count). The van der Waals surface area contributed by atoms with Gasteiger partial charge in [0.15, 0.2) is 32.9 Å². The average molecular weight is 855 g/mol. The Kier molecular flexibility index (Phi) is 14.1. The summed E-state index contributed by atoms with van der Waals surface area (Å²) in [7, 11) is -6.64. The molecule has 0 fully saturated rings. The highest BCUT2D eigenvalue weighted by Gasteiger charge is 2.21. The van der Waals surface area contributed by atoms with E-state index < -0.39 is 31.9 Å². The van der Waals surface area contributed by atoms with Gasteiger partial charge in [-0.1, -0.05) is 60.7 Å². The molecule has 0 aliphatic rings. The summed E-state index contributed by atoms with van der Waals surface area (Å²) in [4.78, 5) is 23.4. The van der Waals surface area contributed by atoms with E-state index >= 15 is 0 Å². The first-order valence-corrected chi connectivity index (χ1v) is 23.5. The van der Waals surface area contributed by atoms with Gasteiger partial charge in [0.2, 0.25) is 0 Å². The van der Waals surface area contributed by atoms with Crippen molar-refractivity contribution < 1.29 is 41.1 Å². The summed E-state index contributed by atoms with van der Waals surface area (Å²) >= 11 is 0. The lowest BCUT2D eigenvalue weighted by molar-refractivity contribution is -0.982. The second-order valence-corrected chi connectivity index (χ2v) is 18.9. The van der Waals surface area contributed by atoms with Crippen molar-refractivity contribution in [3.8, 4) is 33.9 Å². The van der Waals surface area contributed by atoms with Crippen molar-refractivity contribution in [2.45, 2.75) is 62.5 Å². The number of hydrogen-bond acceptors (Lipinski definition) is 9. The zero-order valence-corrected chi connectivity index (χ0v) is 36.4. The van der Waals surface area contributed by atoms with E-state index in [1.807, 2.05) is 113 Å². The SMILES string of the molecule is Cc1c(CCOC(C)CO[N+](=O)OCC(C)OCCc2cc(-c3ccc(S(C)(=O)=O)cc3)n(-c3ccccc3)c2C)cc(-c2ccc(S(C)(=O)=O)cc2)n1-c1ccccc1. The summed E-state index contributed by atoms with van der Waals surface area (Å²) in [5.41, 5.74) is 9.84. The predicted octanol–water partition coefficient (Wildman–Crippen LogP) is 8.26. The average Bonchev–Trinajstić information content (AvgIpc) is 3.74. The Bertz CT molecular complexity index is 2420. The Morgan fingerprint density at radius 3 is 1.23 bits per heavy atom. The van der Waals surface area contributed by atoms with Crippen LogP contribution in [0.5, 0.6) is 0 Å². The van der Waals surface area contributed by atoms with E-state index in [-0.39, 0.29) is 28.1 Å². The molecule has 2 unspecified atom stereocenters. The minimum atomic E-state index is -3.32. The van der Waals surface area contributed by atoms with Crippen LogP contribution in [-0.4, -0.2) is 82.2 Å². The van der Waals surface area contributed by atoms with Gasteiger partial charge in [0, 0.05) is 35.3 Å². The van der Waals surface area contributed by atoms with E-state index in [0.29, 0.717) is 26.1 Å². The molecule has 0 saturated heterocycles. The number of ether oxygens (including phenoxy) is 2. The van der Waals surface area contributed by atoms with Gasteiger partial charge in [-0.2, -0.15) is 9.68 Å². The Balaban J connectivity index is 0.972. The maximum atomic E-state index is 12.4. The maximum Gasteiger partial charge on any atom is 0.477 e. The molecule has 0 spiro atoms. The standard InChI is InChI=1S/C46H52N3O9S2/c1-33(55-27-25-39-29-45(37-17-21-43(22-18-37)59(5,51)52)47(35(39)3)41-13-9-7-10-14-41)31-57-49(50)58-32-34(2)56-28-26-40-30-46(38-19-23-44(24-20-38)60(6,53)54)48(36(40)4)42-15-11-8-12-16-42/h7-24,29-30,33-34H,25-28,31-32H2,1-6H3/q+1. The summed E-state index contributed by atoms with van der Waals surface area (Å²) < 4.78 is 64.5. The monoisotopic (exact) mass is 854 g/mol. The molecular weight excluding hydrogens is 803 g/mol. The van der Waals surface area contributed by atoms with Crippen molar-refractivity contribution in [2.75, 3.05) is 38.9 Å². The predicted molar refractivity (Wildman–Crippen MR) is 232 cm³/mol. The Labute approximate surface area is 352 Å². The second kappa shape index (κ2) is 19.2. The van der Waals surface area contributed by atoms with Gasteiger partial charge in [0.1, 0.15) is 4.91 Å². The molecule has 0 saturated carbocycles. The van der Waals surface area contributed by atoms with Crippen LogP contribution in [0.15, 0.2) is 131 Å². The van der Waals surface area contributed by atoms with Gasteiger partial charge in [-0.05, 0) is 123 Å². The number of rotatable bonds is 20. The fourth-order valence-electron chi connectivity index (χ4n) is 7.02. The molecule has 0 radical (unpaired) electrons. The lowest BCUT2D eigenvalue weighted by Crippen LogP contribution is -2.25. The van der Waals surface area contributed by atoms with Crippen LogP contribution >= 0.6 is 0 Å². The van der Waals surface area contributed by atoms with Crippen LogP contribution in [0.4, 0.5) is 0 Å². The van der Waals surface area contributed by atoms with Crippen LogP contribution in [-0.2, 0) is 51.7 Å². The highest BCUT2D eigenvalue weighted by Crippen LogP contribution is 2.32. The summed E-state index contributed by atoms with van der Waals surface area (Å²) in [5, 5.41) is 0.0939.